The Morgan fingerprint density at radius 3 is 2.33 bits per heavy atom. The lowest BCUT2D eigenvalue weighted by Gasteiger charge is -2.73. The summed E-state index contributed by atoms with van der Waals surface area (Å²) in [6, 6.07) is 8.83. The standard InChI is InChI=1S/C48H71NO5/c1-30(2)32-19-24-48(27-39(50)49-35-16-12-14-31-13-10-11-15-33(31)35)26-25-46(8)34(42(32)48)17-18-37-45(7)22-21-38(44(5,6)36(45)20-23-47(37,46)9)54-41(53)29-43(3,4)28-40(51)52/h10-11,13,15,32,34-38,42H,1,12,14,16-29H2,2-9H3,(H,49,50)(H,51,52)/t32-,34+,35?,36-,37+,38-,42+,45-,46+,47+,48+/m0/s1. The van der Waals surface area contributed by atoms with Crippen molar-refractivity contribution in [2.45, 2.75) is 170 Å². The summed E-state index contributed by atoms with van der Waals surface area (Å²) in [5.41, 5.74) is 3.82. The van der Waals surface area contributed by atoms with Crippen LogP contribution in [0.5, 0.6) is 0 Å². The molecule has 1 amide bonds. The van der Waals surface area contributed by atoms with Gasteiger partial charge in [-0.05, 0) is 158 Å². The molecule has 5 fully saturated rings. The summed E-state index contributed by atoms with van der Waals surface area (Å²) in [7, 11) is 0. The van der Waals surface area contributed by atoms with Gasteiger partial charge < -0.3 is 15.2 Å². The van der Waals surface area contributed by atoms with Gasteiger partial charge in [0.15, 0.2) is 0 Å². The number of amides is 1. The van der Waals surface area contributed by atoms with E-state index in [1.807, 2.05) is 13.8 Å². The van der Waals surface area contributed by atoms with Crippen molar-refractivity contribution >= 4 is 17.8 Å². The zero-order valence-corrected chi connectivity index (χ0v) is 35.0. The average molecular weight is 742 g/mol. The fourth-order valence-corrected chi connectivity index (χ4v) is 15.3. The summed E-state index contributed by atoms with van der Waals surface area (Å²) in [5, 5.41) is 12.9. The highest BCUT2D eigenvalue weighted by Gasteiger charge is 2.71. The van der Waals surface area contributed by atoms with Crippen LogP contribution in [0, 0.1) is 62.1 Å². The van der Waals surface area contributed by atoms with Gasteiger partial charge in [0, 0.05) is 11.8 Å². The Morgan fingerprint density at radius 1 is 0.870 bits per heavy atom. The number of benzene rings is 1. The third kappa shape index (κ3) is 6.40. The maximum absolute atomic E-state index is 14.2. The summed E-state index contributed by atoms with van der Waals surface area (Å²) < 4.78 is 6.30. The van der Waals surface area contributed by atoms with Gasteiger partial charge in [-0.25, -0.2) is 0 Å². The SMILES string of the molecule is C=C(C)[C@@H]1CC[C@]2(CC(=O)NC3CCCc4ccccc43)CC[C@]3(C)[C@H](CC[C@@H]4[C@@]5(C)CC[C@H](OC(=O)CC(C)(C)CC(=O)O)C(C)(C)[C@@H]5CC[C@]43C)[C@@H]12. The van der Waals surface area contributed by atoms with E-state index in [1.165, 1.54) is 42.4 Å². The maximum atomic E-state index is 14.2. The first-order chi connectivity index (χ1) is 25.3. The molecule has 6 heteroatoms. The minimum absolute atomic E-state index is 0.0410. The highest BCUT2D eigenvalue weighted by Crippen LogP contribution is 2.78. The number of nitrogens with one attached hydrogen (secondary N) is 1. The highest BCUT2D eigenvalue weighted by molar-refractivity contribution is 5.77. The molecule has 6 nitrogen and oxygen atoms in total. The van der Waals surface area contributed by atoms with Gasteiger partial charge in [-0.2, -0.15) is 0 Å². The molecule has 0 heterocycles. The predicted octanol–water partition coefficient (Wildman–Crippen LogP) is 11.0. The molecule has 54 heavy (non-hydrogen) atoms. The van der Waals surface area contributed by atoms with Crippen LogP contribution in [0.1, 0.15) is 169 Å². The molecule has 0 saturated heterocycles. The molecule has 11 atom stereocenters. The molecular weight excluding hydrogens is 671 g/mol. The van der Waals surface area contributed by atoms with Gasteiger partial charge in [0.2, 0.25) is 5.91 Å². The second-order valence-electron chi connectivity index (χ2n) is 21.7. The minimum atomic E-state index is -0.881. The van der Waals surface area contributed by atoms with Crippen molar-refractivity contribution in [2.75, 3.05) is 0 Å². The summed E-state index contributed by atoms with van der Waals surface area (Å²) in [6.07, 6.45) is 15.2. The normalized spacial score (nSPS) is 40.9. The van der Waals surface area contributed by atoms with Crippen LogP contribution in [0.2, 0.25) is 0 Å². The van der Waals surface area contributed by atoms with E-state index in [-0.39, 0.29) is 63.9 Å². The van der Waals surface area contributed by atoms with E-state index in [2.05, 4.69) is 77.7 Å². The number of hydrogen-bond donors (Lipinski definition) is 2. The molecule has 0 spiro atoms. The summed E-state index contributed by atoms with van der Waals surface area (Å²) in [6.45, 7) is 23.1. The number of carboxylic acid groups (broad SMARTS) is 1. The molecular formula is C48H71NO5. The molecule has 7 rings (SSSR count). The Hall–Kier alpha value is -2.63. The molecule has 5 saturated carbocycles. The minimum Gasteiger partial charge on any atom is -0.481 e. The van der Waals surface area contributed by atoms with Crippen LogP contribution in [0.4, 0.5) is 0 Å². The van der Waals surface area contributed by atoms with Crippen LogP contribution in [0.15, 0.2) is 36.4 Å². The lowest BCUT2D eigenvalue weighted by Crippen LogP contribution is -2.67. The second kappa shape index (κ2) is 13.8. The highest BCUT2D eigenvalue weighted by atomic mass is 16.5. The number of ether oxygens (including phenoxy) is 1. The van der Waals surface area contributed by atoms with Crippen LogP contribution in [-0.4, -0.2) is 29.1 Å². The molecule has 298 valence electrons. The van der Waals surface area contributed by atoms with Crippen LogP contribution in [0.25, 0.3) is 0 Å². The van der Waals surface area contributed by atoms with E-state index in [9.17, 15) is 19.5 Å². The number of hydrogen-bond acceptors (Lipinski definition) is 4. The summed E-state index contributed by atoms with van der Waals surface area (Å²) in [4.78, 5) is 38.9. The van der Waals surface area contributed by atoms with Crippen molar-refractivity contribution in [2.24, 2.45) is 62.1 Å². The van der Waals surface area contributed by atoms with Gasteiger partial charge in [-0.1, -0.05) is 84.9 Å². The number of allylic oxidation sites excluding steroid dienone is 1. The summed E-state index contributed by atoms with van der Waals surface area (Å²) >= 11 is 0. The number of aryl methyl sites for hydroxylation is 1. The first kappa shape index (κ1) is 39.6. The third-order valence-corrected chi connectivity index (χ3v) is 17.9. The Bertz CT molecular complexity index is 1660. The molecule has 0 aliphatic heterocycles. The largest absolute Gasteiger partial charge is 0.481 e. The van der Waals surface area contributed by atoms with E-state index >= 15 is 0 Å². The van der Waals surface area contributed by atoms with Gasteiger partial charge in [-0.3, -0.25) is 14.4 Å². The van der Waals surface area contributed by atoms with Crippen molar-refractivity contribution in [1.29, 1.82) is 0 Å². The first-order valence-electron chi connectivity index (χ1n) is 21.7. The zero-order chi connectivity index (χ0) is 39.1. The average Bonchev–Trinajstić information content (AvgIpc) is 3.45. The fourth-order valence-electron chi connectivity index (χ4n) is 15.3. The maximum Gasteiger partial charge on any atom is 0.306 e. The molecule has 0 radical (unpaired) electrons. The molecule has 1 unspecified atom stereocenters. The fraction of sp³-hybridized carbons (Fsp3) is 0.771. The van der Waals surface area contributed by atoms with E-state index < -0.39 is 11.4 Å². The first-order valence-corrected chi connectivity index (χ1v) is 21.7. The number of carboxylic acids is 1. The monoisotopic (exact) mass is 742 g/mol. The van der Waals surface area contributed by atoms with E-state index in [0.717, 1.165) is 57.8 Å². The molecule has 2 N–H and O–H groups in total. The smallest absolute Gasteiger partial charge is 0.306 e. The van der Waals surface area contributed by atoms with Gasteiger partial charge in [0.25, 0.3) is 0 Å². The number of aliphatic carboxylic acids is 1. The van der Waals surface area contributed by atoms with Gasteiger partial charge in [-0.15, -0.1) is 0 Å². The number of carbonyl (C=O) groups excluding carboxylic acids is 2. The van der Waals surface area contributed by atoms with E-state index in [4.69, 9.17) is 4.74 Å². The Labute approximate surface area is 326 Å². The van der Waals surface area contributed by atoms with Crippen molar-refractivity contribution in [3.8, 4) is 0 Å². The molecule has 6 aliphatic rings. The Kier molecular flexibility index (Phi) is 10.1. The number of fused-ring (bicyclic) bond motifs is 8. The van der Waals surface area contributed by atoms with Gasteiger partial charge in [0.05, 0.1) is 18.9 Å². The van der Waals surface area contributed by atoms with Crippen LogP contribution >= 0.6 is 0 Å². The number of carbonyl (C=O) groups is 3. The Balaban J connectivity index is 1.10. The van der Waals surface area contributed by atoms with Crippen molar-refractivity contribution in [1.82, 2.24) is 5.32 Å². The Morgan fingerprint density at radius 2 is 1.61 bits per heavy atom. The van der Waals surface area contributed by atoms with Crippen LogP contribution in [0.3, 0.4) is 0 Å². The third-order valence-electron chi connectivity index (χ3n) is 17.9. The van der Waals surface area contributed by atoms with Crippen molar-refractivity contribution < 1.29 is 24.2 Å². The van der Waals surface area contributed by atoms with Crippen LogP contribution < -0.4 is 5.32 Å². The lowest BCUT2D eigenvalue weighted by molar-refractivity contribution is -0.250. The lowest BCUT2D eigenvalue weighted by atomic mass is 9.32. The van der Waals surface area contributed by atoms with Crippen molar-refractivity contribution in [3.63, 3.8) is 0 Å². The number of rotatable bonds is 9. The van der Waals surface area contributed by atoms with E-state index in [1.54, 1.807) is 0 Å². The topological polar surface area (TPSA) is 92.7 Å². The zero-order valence-electron chi connectivity index (χ0n) is 35.0. The molecule has 0 bridgehead atoms. The van der Waals surface area contributed by atoms with Crippen molar-refractivity contribution in [3.05, 3.63) is 47.5 Å². The summed E-state index contributed by atoms with van der Waals surface area (Å²) in [5.74, 6) is 1.73. The molecule has 0 aromatic heterocycles. The second-order valence-corrected chi connectivity index (χ2v) is 21.7. The predicted molar refractivity (Wildman–Crippen MR) is 214 cm³/mol. The molecule has 1 aromatic carbocycles. The van der Waals surface area contributed by atoms with Crippen LogP contribution in [-0.2, 0) is 25.5 Å². The molecule has 1 aromatic rings. The molecule has 6 aliphatic carbocycles. The van der Waals surface area contributed by atoms with E-state index in [0.29, 0.717) is 36.0 Å². The number of esters is 1. The van der Waals surface area contributed by atoms with Gasteiger partial charge >= 0.3 is 11.9 Å². The van der Waals surface area contributed by atoms with Gasteiger partial charge in [0.1, 0.15) is 6.10 Å². The quantitative estimate of drug-likeness (QED) is 0.194.